The molecule has 0 radical (unpaired) electrons. The van der Waals surface area contributed by atoms with Gasteiger partial charge in [-0.05, 0) is 66.7 Å². The minimum absolute atomic E-state index is 0.264. The number of amides is 1. The van der Waals surface area contributed by atoms with Crippen LogP contribution in [-0.2, 0) is 0 Å². The SMILES string of the molecule is O=C(Nc1ccc(Oc2ccc(Br)cc2)cc1)c1ccc(Cl)c(Cl)c1. The first-order chi connectivity index (χ1) is 12.0. The Kier molecular flexibility index (Phi) is 5.63. The van der Waals surface area contributed by atoms with Gasteiger partial charge in [0.2, 0.25) is 0 Å². The molecule has 0 atom stereocenters. The lowest BCUT2D eigenvalue weighted by molar-refractivity contribution is 0.102. The summed E-state index contributed by atoms with van der Waals surface area (Å²) < 4.78 is 6.73. The zero-order valence-corrected chi connectivity index (χ0v) is 15.9. The summed E-state index contributed by atoms with van der Waals surface area (Å²) in [6.07, 6.45) is 0. The molecule has 0 spiro atoms. The third-order valence-corrected chi connectivity index (χ3v) is 4.61. The van der Waals surface area contributed by atoms with Crippen molar-refractivity contribution in [3.8, 4) is 11.5 Å². The second kappa shape index (κ2) is 7.91. The lowest BCUT2D eigenvalue weighted by Crippen LogP contribution is -2.11. The molecular weight excluding hydrogens is 425 g/mol. The molecule has 0 unspecified atom stereocenters. The van der Waals surface area contributed by atoms with Gasteiger partial charge in [-0.3, -0.25) is 4.79 Å². The van der Waals surface area contributed by atoms with Gasteiger partial charge in [-0.1, -0.05) is 39.1 Å². The third-order valence-electron chi connectivity index (χ3n) is 3.34. The number of hydrogen-bond donors (Lipinski definition) is 1. The number of ether oxygens (including phenoxy) is 1. The van der Waals surface area contributed by atoms with Gasteiger partial charge in [0, 0.05) is 15.7 Å². The Morgan fingerprint density at radius 3 is 2.04 bits per heavy atom. The van der Waals surface area contributed by atoms with Crippen LogP contribution in [0.3, 0.4) is 0 Å². The summed E-state index contributed by atoms with van der Waals surface area (Å²) in [5, 5.41) is 3.55. The van der Waals surface area contributed by atoms with Crippen LogP contribution in [0.1, 0.15) is 10.4 Å². The van der Waals surface area contributed by atoms with Gasteiger partial charge >= 0.3 is 0 Å². The molecule has 126 valence electrons. The summed E-state index contributed by atoms with van der Waals surface area (Å²) in [4.78, 5) is 12.2. The van der Waals surface area contributed by atoms with Gasteiger partial charge in [0.05, 0.1) is 10.0 Å². The molecule has 1 N–H and O–H groups in total. The first-order valence-electron chi connectivity index (χ1n) is 7.31. The molecule has 0 fully saturated rings. The number of anilines is 1. The van der Waals surface area contributed by atoms with Crippen LogP contribution in [0.25, 0.3) is 0 Å². The molecule has 3 rings (SSSR count). The van der Waals surface area contributed by atoms with Crippen LogP contribution >= 0.6 is 39.1 Å². The molecule has 0 aliphatic rings. The number of carbonyl (C=O) groups excluding carboxylic acids is 1. The van der Waals surface area contributed by atoms with Crippen LogP contribution in [0, 0.1) is 0 Å². The molecule has 3 nitrogen and oxygen atoms in total. The normalized spacial score (nSPS) is 10.4. The van der Waals surface area contributed by atoms with E-state index in [0.29, 0.717) is 27.0 Å². The van der Waals surface area contributed by atoms with E-state index in [-0.39, 0.29) is 5.91 Å². The lowest BCUT2D eigenvalue weighted by Gasteiger charge is -2.09. The first kappa shape index (κ1) is 17.8. The topological polar surface area (TPSA) is 38.3 Å². The minimum atomic E-state index is -0.264. The Morgan fingerprint density at radius 2 is 1.44 bits per heavy atom. The van der Waals surface area contributed by atoms with Gasteiger partial charge in [-0.2, -0.15) is 0 Å². The van der Waals surface area contributed by atoms with Crippen molar-refractivity contribution in [3.05, 3.63) is 86.8 Å². The summed E-state index contributed by atoms with van der Waals surface area (Å²) in [5.41, 5.74) is 1.09. The van der Waals surface area contributed by atoms with Crippen LogP contribution in [0.2, 0.25) is 10.0 Å². The Labute approximate surface area is 163 Å². The third kappa shape index (κ3) is 4.75. The molecule has 0 saturated carbocycles. The fourth-order valence-electron chi connectivity index (χ4n) is 2.09. The second-order valence-electron chi connectivity index (χ2n) is 5.16. The molecule has 0 heterocycles. The van der Waals surface area contributed by atoms with E-state index in [9.17, 15) is 4.79 Å². The minimum Gasteiger partial charge on any atom is -0.457 e. The molecule has 3 aromatic carbocycles. The van der Waals surface area contributed by atoms with Crippen molar-refractivity contribution in [1.29, 1.82) is 0 Å². The highest BCUT2D eigenvalue weighted by Gasteiger charge is 2.08. The molecule has 3 aromatic rings. The van der Waals surface area contributed by atoms with Crippen molar-refractivity contribution in [2.75, 3.05) is 5.32 Å². The molecular formula is C19H12BrCl2NO2. The Morgan fingerprint density at radius 1 is 0.840 bits per heavy atom. The van der Waals surface area contributed by atoms with Crippen molar-refractivity contribution in [3.63, 3.8) is 0 Å². The highest BCUT2D eigenvalue weighted by atomic mass is 79.9. The fraction of sp³-hybridized carbons (Fsp3) is 0. The van der Waals surface area contributed by atoms with Crippen LogP contribution in [0.15, 0.2) is 71.2 Å². The van der Waals surface area contributed by atoms with E-state index in [1.54, 1.807) is 36.4 Å². The Bertz CT molecular complexity index is 896. The lowest BCUT2D eigenvalue weighted by atomic mass is 10.2. The molecule has 0 aliphatic heterocycles. The predicted molar refractivity (Wildman–Crippen MR) is 105 cm³/mol. The maximum Gasteiger partial charge on any atom is 0.255 e. The molecule has 25 heavy (non-hydrogen) atoms. The van der Waals surface area contributed by atoms with E-state index >= 15 is 0 Å². The smallest absolute Gasteiger partial charge is 0.255 e. The second-order valence-corrected chi connectivity index (χ2v) is 6.89. The largest absolute Gasteiger partial charge is 0.457 e. The van der Waals surface area contributed by atoms with Gasteiger partial charge < -0.3 is 10.1 Å². The number of benzene rings is 3. The molecule has 1 amide bonds. The zero-order valence-electron chi connectivity index (χ0n) is 12.8. The van der Waals surface area contributed by atoms with Crippen LogP contribution in [-0.4, -0.2) is 5.91 Å². The van der Waals surface area contributed by atoms with Crippen molar-refractivity contribution in [1.82, 2.24) is 0 Å². The molecule has 6 heteroatoms. The maximum absolute atomic E-state index is 12.2. The van der Waals surface area contributed by atoms with E-state index in [1.807, 2.05) is 24.3 Å². The highest BCUT2D eigenvalue weighted by molar-refractivity contribution is 9.10. The number of nitrogens with one attached hydrogen (secondary N) is 1. The van der Waals surface area contributed by atoms with E-state index in [4.69, 9.17) is 27.9 Å². The molecule has 0 aliphatic carbocycles. The summed E-state index contributed by atoms with van der Waals surface area (Å²) in [7, 11) is 0. The average Bonchev–Trinajstić information content (AvgIpc) is 2.61. The summed E-state index contributed by atoms with van der Waals surface area (Å²) in [6, 6.07) is 19.4. The molecule has 0 aromatic heterocycles. The van der Waals surface area contributed by atoms with Gasteiger partial charge in [0.15, 0.2) is 0 Å². The number of hydrogen-bond acceptors (Lipinski definition) is 2. The van der Waals surface area contributed by atoms with Crippen LogP contribution in [0.4, 0.5) is 5.69 Å². The van der Waals surface area contributed by atoms with E-state index in [0.717, 1.165) is 10.2 Å². The predicted octanol–water partition coefficient (Wildman–Crippen LogP) is 6.80. The van der Waals surface area contributed by atoms with Gasteiger partial charge in [-0.25, -0.2) is 0 Å². The maximum atomic E-state index is 12.2. The standard InChI is InChI=1S/C19H12BrCl2NO2/c20-13-2-6-15(7-3-13)25-16-8-4-14(5-9-16)23-19(24)12-1-10-17(21)18(22)11-12/h1-11H,(H,23,24). The van der Waals surface area contributed by atoms with Crippen molar-refractivity contribution < 1.29 is 9.53 Å². The number of rotatable bonds is 4. The van der Waals surface area contributed by atoms with E-state index < -0.39 is 0 Å². The van der Waals surface area contributed by atoms with Crippen LogP contribution in [0.5, 0.6) is 11.5 Å². The van der Waals surface area contributed by atoms with Crippen molar-refractivity contribution >= 4 is 50.7 Å². The number of halogens is 3. The average molecular weight is 437 g/mol. The Balaban J connectivity index is 1.66. The Hall–Kier alpha value is -2.01. The van der Waals surface area contributed by atoms with Gasteiger partial charge in [-0.15, -0.1) is 0 Å². The zero-order chi connectivity index (χ0) is 17.8. The van der Waals surface area contributed by atoms with Crippen molar-refractivity contribution in [2.24, 2.45) is 0 Å². The van der Waals surface area contributed by atoms with Crippen LogP contribution < -0.4 is 10.1 Å². The first-order valence-corrected chi connectivity index (χ1v) is 8.86. The fourth-order valence-corrected chi connectivity index (χ4v) is 2.65. The summed E-state index contributed by atoms with van der Waals surface area (Å²) in [6.45, 7) is 0. The molecule has 0 bridgehead atoms. The number of carbonyl (C=O) groups is 1. The quantitative estimate of drug-likeness (QED) is 0.488. The molecule has 0 saturated heterocycles. The van der Waals surface area contributed by atoms with Gasteiger partial charge in [0.1, 0.15) is 11.5 Å². The van der Waals surface area contributed by atoms with E-state index in [1.165, 1.54) is 6.07 Å². The van der Waals surface area contributed by atoms with E-state index in [2.05, 4.69) is 21.2 Å². The van der Waals surface area contributed by atoms with Gasteiger partial charge in [0.25, 0.3) is 5.91 Å². The summed E-state index contributed by atoms with van der Waals surface area (Å²) >= 11 is 15.2. The summed E-state index contributed by atoms with van der Waals surface area (Å²) in [5.74, 6) is 1.14. The monoisotopic (exact) mass is 435 g/mol. The highest BCUT2D eigenvalue weighted by Crippen LogP contribution is 2.26. The van der Waals surface area contributed by atoms with Crippen molar-refractivity contribution in [2.45, 2.75) is 0 Å².